The number of hydrogen-bond donors (Lipinski definition) is 1. The number of hydrogen-bond acceptors (Lipinski definition) is 5. The molecule has 1 amide bonds. The number of carbonyl (C=O) groups excluding carboxylic acids is 1. The molecule has 0 saturated heterocycles. The molecule has 5 nitrogen and oxygen atoms in total. The molecule has 0 radical (unpaired) electrons. The summed E-state index contributed by atoms with van der Waals surface area (Å²) in [6, 6.07) is 3.62. The first kappa shape index (κ1) is 18.9. The molecule has 2 heterocycles. The molecular weight excluding hydrogens is 321 g/mol. The molecule has 0 aliphatic carbocycles. The highest BCUT2D eigenvalue weighted by Crippen LogP contribution is 2.26. The van der Waals surface area contributed by atoms with E-state index in [1.54, 1.807) is 30.5 Å². The van der Waals surface area contributed by atoms with E-state index < -0.39 is 0 Å². The first-order valence-corrected chi connectivity index (χ1v) is 6.42. The van der Waals surface area contributed by atoms with Crippen LogP contribution in [-0.2, 0) is 0 Å². The Morgan fingerprint density at radius 3 is 2.80 bits per heavy atom. The summed E-state index contributed by atoms with van der Waals surface area (Å²) < 4.78 is 5.24. The Labute approximate surface area is 134 Å². The maximum absolute atomic E-state index is 12.1. The number of amides is 1. The number of rotatable bonds is 4. The zero-order valence-corrected chi connectivity index (χ0v) is 13.6. The van der Waals surface area contributed by atoms with Crippen molar-refractivity contribution in [3.63, 3.8) is 0 Å². The quantitative estimate of drug-likeness (QED) is 0.930. The van der Waals surface area contributed by atoms with E-state index in [1.807, 2.05) is 13.0 Å². The largest absolute Gasteiger partial charge is 0.462 e. The van der Waals surface area contributed by atoms with Gasteiger partial charge in [-0.3, -0.25) is 4.79 Å². The van der Waals surface area contributed by atoms with E-state index >= 15 is 0 Å². The lowest BCUT2D eigenvalue weighted by molar-refractivity contribution is 0.0753. The number of thiazole rings is 1. The molecule has 0 bridgehead atoms. The molecule has 0 aromatic carbocycles. The fourth-order valence-corrected chi connectivity index (χ4v) is 2.29. The number of nitrogens with zero attached hydrogens (tertiary/aromatic N) is 2. The summed E-state index contributed by atoms with van der Waals surface area (Å²) in [5.41, 5.74) is 5.55. The minimum Gasteiger partial charge on any atom is -0.462 e. The van der Waals surface area contributed by atoms with E-state index in [0.717, 1.165) is 0 Å². The van der Waals surface area contributed by atoms with Gasteiger partial charge in [-0.1, -0.05) is 0 Å². The standard InChI is InChI=1S/C12H15N3O2S.2ClH/c1-8(6-13)15(2)12(16)10-7-14-11(18-10)9-4-3-5-17-9;;/h3-5,7-8H,6,13H2,1-2H3;2*1H. The average molecular weight is 338 g/mol. The summed E-state index contributed by atoms with van der Waals surface area (Å²) in [5, 5.41) is 0.706. The van der Waals surface area contributed by atoms with E-state index in [-0.39, 0.29) is 36.8 Å². The van der Waals surface area contributed by atoms with Crippen LogP contribution >= 0.6 is 36.2 Å². The van der Waals surface area contributed by atoms with Gasteiger partial charge in [0.15, 0.2) is 10.8 Å². The van der Waals surface area contributed by atoms with E-state index in [2.05, 4.69) is 4.98 Å². The minimum absolute atomic E-state index is 0. The van der Waals surface area contributed by atoms with Crippen molar-refractivity contribution in [3.8, 4) is 10.8 Å². The monoisotopic (exact) mass is 337 g/mol. The first-order chi connectivity index (χ1) is 8.63. The predicted molar refractivity (Wildman–Crippen MR) is 84.9 cm³/mol. The molecule has 2 aromatic rings. The van der Waals surface area contributed by atoms with Gasteiger partial charge in [-0.25, -0.2) is 4.98 Å². The van der Waals surface area contributed by atoms with Crippen molar-refractivity contribution < 1.29 is 9.21 Å². The number of aromatic nitrogens is 1. The van der Waals surface area contributed by atoms with E-state index in [4.69, 9.17) is 10.2 Å². The van der Waals surface area contributed by atoms with Crippen molar-refractivity contribution in [3.05, 3.63) is 29.5 Å². The predicted octanol–water partition coefficient (Wildman–Crippen LogP) is 2.67. The van der Waals surface area contributed by atoms with Crippen LogP contribution < -0.4 is 5.73 Å². The van der Waals surface area contributed by atoms with Gasteiger partial charge in [0.2, 0.25) is 0 Å². The SMILES string of the molecule is CC(CN)N(C)C(=O)c1cnc(-c2ccco2)s1.Cl.Cl. The van der Waals surface area contributed by atoms with Crippen molar-refractivity contribution in [2.75, 3.05) is 13.6 Å². The molecule has 0 spiro atoms. The van der Waals surface area contributed by atoms with Crippen LogP contribution in [0.2, 0.25) is 0 Å². The van der Waals surface area contributed by atoms with Crippen molar-refractivity contribution in [2.45, 2.75) is 13.0 Å². The highest BCUT2D eigenvalue weighted by atomic mass is 35.5. The smallest absolute Gasteiger partial charge is 0.265 e. The van der Waals surface area contributed by atoms with Crippen LogP contribution in [0.3, 0.4) is 0 Å². The molecule has 0 fully saturated rings. The maximum atomic E-state index is 12.1. The third-order valence-electron chi connectivity index (χ3n) is 2.77. The lowest BCUT2D eigenvalue weighted by Crippen LogP contribution is -2.39. The lowest BCUT2D eigenvalue weighted by Gasteiger charge is -2.22. The molecule has 1 unspecified atom stereocenters. The second-order valence-corrected chi connectivity index (χ2v) is 5.04. The average Bonchev–Trinajstić information content (AvgIpc) is 3.05. The molecule has 0 aliphatic heterocycles. The molecule has 2 aromatic heterocycles. The summed E-state index contributed by atoms with van der Waals surface area (Å²) in [5.74, 6) is 0.608. The van der Waals surface area contributed by atoms with Crippen molar-refractivity contribution >= 4 is 42.1 Å². The molecule has 8 heteroatoms. The topological polar surface area (TPSA) is 72.4 Å². The van der Waals surface area contributed by atoms with Crippen LogP contribution in [0.4, 0.5) is 0 Å². The number of likely N-dealkylation sites (N-methyl/N-ethyl adjacent to an activating group) is 1. The Balaban J connectivity index is 0.00000180. The number of nitrogens with two attached hydrogens (primary N) is 1. The number of halogens is 2. The fourth-order valence-electron chi connectivity index (χ4n) is 1.42. The summed E-state index contributed by atoms with van der Waals surface area (Å²) in [6.45, 7) is 2.35. The highest BCUT2D eigenvalue weighted by Gasteiger charge is 2.19. The van der Waals surface area contributed by atoms with Gasteiger partial charge < -0.3 is 15.1 Å². The van der Waals surface area contributed by atoms with Gasteiger partial charge in [-0.2, -0.15) is 0 Å². The Kier molecular flexibility index (Phi) is 7.82. The van der Waals surface area contributed by atoms with Crippen LogP contribution in [0.5, 0.6) is 0 Å². The van der Waals surface area contributed by atoms with E-state index in [0.29, 0.717) is 22.2 Å². The van der Waals surface area contributed by atoms with Crippen molar-refractivity contribution in [2.24, 2.45) is 5.73 Å². The lowest BCUT2D eigenvalue weighted by atomic mass is 10.3. The van der Waals surface area contributed by atoms with Gasteiger partial charge in [0.05, 0.1) is 12.5 Å². The zero-order chi connectivity index (χ0) is 13.1. The van der Waals surface area contributed by atoms with Crippen molar-refractivity contribution in [1.29, 1.82) is 0 Å². The van der Waals surface area contributed by atoms with E-state index in [1.165, 1.54) is 11.3 Å². The van der Waals surface area contributed by atoms with E-state index in [9.17, 15) is 4.79 Å². The second-order valence-electron chi connectivity index (χ2n) is 4.01. The van der Waals surface area contributed by atoms with Gasteiger partial charge in [0.1, 0.15) is 4.88 Å². The molecule has 2 N–H and O–H groups in total. The molecular formula is C12H17Cl2N3O2S. The van der Waals surface area contributed by atoms with Crippen molar-refractivity contribution in [1.82, 2.24) is 9.88 Å². The molecule has 0 aliphatic rings. The zero-order valence-electron chi connectivity index (χ0n) is 11.1. The Bertz CT molecular complexity index is 531. The van der Waals surface area contributed by atoms with Gasteiger partial charge in [-0.05, 0) is 19.1 Å². The highest BCUT2D eigenvalue weighted by molar-refractivity contribution is 7.16. The van der Waals surface area contributed by atoms with Crippen LogP contribution in [-0.4, -0.2) is 35.4 Å². The maximum Gasteiger partial charge on any atom is 0.265 e. The van der Waals surface area contributed by atoms with Crippen LogP contribution in [0.25, 0.3) is 10.8 Å². The normalized spacial score (nSPS) is 11.2. The molecule has 1 atom stereocenters. The van der Waals surface area contributed by atoms with Crippen LogP contribution in [0.1, 0.15) is 16.6 Å². The molecule has 112 valence electrons. The van der Waals surface area contributed by atoms with Gasteiger partial charge >= 0.3 is 0 Å². The third-order valence-corrected chi connectivity index (χ3v) is 3.77. The minimum atomic E-state index is -0.0664. The summed E-state index contributed by atoms with van der Waals surface area (Å²) >= 11 is 1.32. The molecule has 20 heavy (non-hydrogen) atoms. The third kappa shape index (κ3) is 3.96. The van der Waals surface area contributed by atoms with Crippen LogP contribution in [0.15, 0.2) is 29.0 Å². The van der Waals surface area contributed by atoms with Gasteiger partial charge in [0, 0.05) is 19.6 Å². The molecule has 0 saturated carbocycles. The Morgan fingerprint density at radius 2 is 2.25 bits per heavy atom. The van der Waals surface area contributed by atoms with Gasteiger partial charge in [-0.15, -0.1) is 36.2 Å². The Morgan fingerprint density at radius 1 is 1.55 bits per heavy atom. The summed E-state index contributed by atoms with van der Waals surface area (Å²) in [6.07, 6.45) is 3.16. The summed E-state index contributed by atoms with van der Waals surface area (Å²) in [4.78, 5) is 18.5. The Hall–Kier alpha value is -1.08. The first-order valence-electron chi connectivity index (χ1n) is 5.60. The number of carbonyl (C=O) groups is 1. The fraction of sp³-hybridized carbons (Fsp3) is 0.333. The second kappa shape index (κ2) is 8.26. The van der Waals surface area contributed by atoms with Gasteiger partial charge in [0.25, 0.3) is 5.91 Å². The summed E-state index contributed by atoms with van der Waals surface area (Å²) in [7, 11) is 1.74. The number of furan rings is 1. The van der Waals surface area contributed by atoms with Crippen LogP contribution in [0, 0.1) is 0 Å². The molecule has 2 rings (SSSR count).